The average molecular weight is 400 g/mol. The van der Waals surface area contributed by atoms with E-state index in [0.717, 1.165) is 0 Å². The minimum absolute atomic E-state index is 0.0499. The van der Waals surface area contributed by atoms with Crippen molar-refractivity contribution in [2.24, 2.45) is 0 Å². The van der Waals surface area contributed by atoms with Gasteiger partial charge in [0.1, 0.15) is 5.56 Å². The van der Waals surface area contributed by atoms with E-state index in [9.17, 15) is 14.4 Å². The predicted molar refractivity (Wildman–Crippen MR) is 102 cm³/mol. The summed E-state index contributed by atoms with van der Waals surface area (Å²) in [6.07, 6.45) is -0.862. The molecular weight excluding hydrogens is 380 g/mol. The number of methoxy groups -OCH3 is 2. The number of carbonyl (C=O) groups is 3. The molecule has 1 atom stereocenters. The average Bonchev–Trinajstić information content (AvgIpc) is 3.02. The number of nitrogens with one attached hydrogen (secondary N) is 2. The summed E-state index contributed by atoms with van der Waals surface area (Å²) in [7, 11) is 2.94. The highest BCUT2D eigenvalue weighted by atomic mass is 16.6. The lowest BCUT2D eigenvalue weighted by molar-refractivity contribution is -0.136. The Morgan fingerprint density at radius 3 is 2.45 bits per heavy atom. The number of fused-ring (bicyclic) bond motifs is 1. The first-order valence-corrected chi connectivity index (χ1v) is 8.77. The fraction of sp³-hybridized carbons (Fsp3) is 0.250. The Balaban J connectivity index is 1.72. The summed E-state index contributed by atoms with van der Waals surface area (Å²) < 4.78 is 15.9. The predicted octanol–water partition coefficient (Wildman–Crippen LogP) is 2.19. The van der Waals surface area contributed by atoms with Crippen LogP contribution in [0.5, 0.6) is 11.5 Å². The van der Waals surface area contributed by atoms with E-state index in [2.05, 4.69) is 10.6 Å². The highest BCUT2D eigenvalue weighted by Gasteiger charge is 2.35. The van der Waals surface area contributed by atoms with Crippen LogP contribution < -0.4 is 20.1 Å². The van der Waals surface area contributed by atoms with Gasteiger partial charge in [0.2, 0.25) is 6.23 Å². The largest absolute Gasteiger partial charge is 0.493 e. The number of hydrogen-bond acceptors (Lipinski definition) is 7. The quantitative estimate of drug-likeness (QED) is 0.576. The molecule has 152 valence electrons. The van der Waals surface area contributed by atoms with Gasteiger partial charge in [-0.2, -0.15) is 0 Å². The van der Waals surface area contributed by atoms with Crippen molar-refractivity contribution in [3.8, 4) is 11.5 Å². The third-order valence-electron chi connectivity index (χ3n) is 4.36. The van der Waals surface area contributed by atoms with E-state index >= 15 is 0 Å². The maximum Gasteiger partial charge on any atom is 0.344 e. The topological polar surface area (TPSA) is 123 Å². The maximum absolute atomic E-state index is 12.3. The number of hydrogen-bond donors (Lipinski definition) is 3. The number of aliphatic carboxylic acids is 1. The van der Waals surface area contributed by atoms with Crippen LogP contribution in [0.15, 0.2) is 36.4 Å². The first-order chi connectivity index (χ1) is 13.9. The number of esters is 1. The number of anilines is 1. The molecule has 0 aliphatic carbocycles. The number of rotatable bonds is 8. The van der Waals surface area contributed by atoms with E-state index < -0.39 is 18.2 Å². The molecule has 0 spiro atoms. The Kier molecular flexibility index (Phi) is 5.87. The van der Waals surface area contributed by atoms with Crippen LogP contribution in [0, 0.1) is 0 Å². The second-order valence-corrected chi connectivity index (χ2v) is 6.17. The lowest BCUT2D eigenvalue weighted by atomic mass is 10.1. The third-order valence-corrected chi connectivity index (χ3v) is 4.36. The minimum Gasteiger partial charge on any atom is -0.493 e. The van der Waals surface area contributed by atoms with Crippen LogP contribution in [-0.2, 0) is 9.53 Å². The van der Waals surface area contributed by atoms with E-state index in [1.807, 2.05) is 0 Å². The number of cyclic esters (lactones) is 1. The summed E-state index contributed by atoms with van der Waals surface area (Å²) in [5, 5.41) is 14.2. The van der Waals surface area contributed by atoms with Gasteiger partial charge < -0.3 is 30.0 Å². The first-order valence-electron chi connectivity index (χ1n) is 8.77. The van der Waals surface area contributed by atoms with Crippen molar-refractivity contribution in [2.45, 2.75) is 12.6 Å². The number of carbonyl (C=O) groups excluding carboxylic acids is 2. The standard InChI is InChI=1S/C20H20N2O7/c1-27-14-8-7-13-16(17(14)28-2)20(26)29-19(13)22-12-5-3-11(4-6-12)18(25)21-10-9-15(23)24/h3-8,19,22H,9-10H2,1-2H3,(H,21,25)(H,23,24)/t19-/m1/s1. The summed E-state index contributed by atoms with van der Waals surface area (Å²) in [5.41, 5.74) is 1.94. The summed E-state index contributed by atoms with van der Waals surface area (Å²) in [6, 6.07) is 9.93. The normalized spacial score (nSPS) is 14.6. The Labute approximate surface area is 166 Å². The van der Waals surface area contributed by atoms with Crippen LogP contribution in [0.1, 0.15) is 38.9 Å². The fourth-order valence-electron chi connectivity index (χ4n) is 2.96. The van der Waals surface area contributed by atoms with E-state index in [4.69, 9.17) is 19.3 Å². The van der Waals surface area contributed by atoms with Gasteiger partial charge in [-0.15, -0.1) is 0 Å². The van der Waals surface area contributed by atoms with Gasteiger partial charge >= 0.3 is 11.9 Å². The van der Waals surface area contributed by atoms with E-state index in [1.165, 1.54) is 14.2 Å². The van der Waals surface area contributed by atoms with Crippen molar-refractivity contribution < 1.29 is 33.7 Å². The zero-order chi connectivity index (χ0) is 21.0. The van der Waals surface area contributed by atoms with Crippen molar-refractivity contribution in [1.29, 1.82) is 0 Å². The Morgan fingerprint density at radius 1 is 1.10 bits per heavy atom. The third kappa shape index (κ3) is 4.23. The molecule has 0 aromatic heterocycles. The Hall–Kier alpha value is -3.75. The first kappa shape index (κ1) is 20.0. The molecule has 0 unspecified atom stereocenters. The Morgan fingerprint density at radius 2 is 1.83 bits per heavy atom. The van der Waals surface area contributed by atoms with E-state index in [0.29, 0.717) is 33.9 Å². The molecular formula is C20H20N2O7. The molecule has 1 aliphatic rings. The highest BCUT2D eigenvalue weighted by molar-refractivity contribution is 5.98. The molecule has 3 N–H and O–H groups in total. The number of carboxylic acid groups (broad SMARTS) is 1. The number of amides is 1. The summed E-state index contributed by atoms with van der Waals surface area (Å²) in [4.78, 5) is 34.8. The lowest BCUT2D eigenvalue weighted by Crippen LogP contribution is -2.25. The van der Waals surface area contributed by atoms with Crippen LogP contribution in [-0.4, -0.2) is 43.7 Å². The summed E-state index contributed by atoms with van der Waals surface area (Å²) >= 11 is 0. The number of carboxylic acids is 1. The van der Waals surface area contributed by atoms with E-state index in [-0.39, 0.29) is 18.9 Å². The summed E-state index contributed by atoms with van der Waals surface area (Å²) in [6.45, 7) is 0.0499. The van der Waals surface area contributed by atoms with Gasteiger partial charge in [0.15, 0.2) is 11.5 Å². The maximum atomic E-state index is 12.3. The van der Waals surface area contributed by atoms with Crippen molar-refractivity contribution in [2.75, 3.05) is 26.1 Å². The van der Waals surface area contributed by atoms with Gasteiger partial charge in [-0.1, -0.05) is 0 Å². The molecule has 0 bridgehead atoms. The molecule has 2 aromatic rings. The van der Waals surface area contributed by atoms with Gasteiger partial charge in [0.05, 0.1) is 20.6 Å². The fourth-order valence-corrected chi connectivity index (χ4v) is 2.96. The van der Waals surface area contributed by atoms with Crippen LogP contribution in [0.3, 0.4) is 0 Å². The molecule has 9 heteroatoms. The molecule has 0 saturated heterocycles. The Bertz CT molecular complexity index is 941. The molecule has 1 amide bonds. The summed E-state index contributed by atoms with van der Waals surface area (Å²) in [5.74, 6) is -1.13. The van der Waals surface area contributed by atoms with Crippen LogP contribution in [0.25, 0.3) is 0 Å². The number of ether oxygens (including phenoxy) is 3. The van der Waals surface area contributed by atoms with Crippen LogP contribution in [0.2, 0.25) is 0 Å². The van der Waals surface area contributed by atoms with Crippen LogP contribution >= 0.6 is 0 Å². The highest BCUT2D eigenvalue weighted by Crippen LogP contribution is 2.42. The van der Waals surface area contributed by atoms with E-state index in [1.54, 1.807) is 36.4 Å². The van der Waals surface area contributed by atoms with Gasteiger partial charge in [0, 0.05) is 23.4 Å². The van der Waals surface area contributed by atoms with Crippen molar-refractivity contribution in [1.82, 2.24) is 5.32 Å². The molecule has 3 rings (SSSR count). The lowest BCUT2D eigenvalue weighted by Gasteiger charge is -2.15. The SMILES string of the molecule is COc1ccc2c(c1OC)C(=O)O[C@H]2Nc1ccc(C(=O)NCCC(=O)O)cc1. The monoisotopic (exact) mass is 400 g/mol. The van der Waals surface area contributed by atoms with Crippen molar-refractivity contribution >= 4 is 23.5 Å². The molecule has 0 fully saturated rings. The van der Waals surface area contributed by atoms with Crippen molar-refractivity contribution in [3.63, 3.8) is 0 Å². The number of benzene rings is 2. The smallest absolute Gasteiger partial charge is 0.344 e. The van der Waals surface area contributed by atoms with Crippen LogP contribution in [0.4, 0.5) is 5.69 Å². The molecule has 1 heterocycles. The molecule has 29 heavy (non-hydrogen) atoms. The minimum atomic E-state index is -0.981. The molecule has 9 nitrogen and oxygen atoms in total. The van der Waals surface area contributed by atoms with Gasteiger partial charge in [0.25, 0.3) is 5.91 Å². The van der Waals surface area contributed by atoms with Gasteiger partial charge in [-0.25, -0.2) is 4.79 Å². The molecule has 1 aliphatic heterocycles. The molecule has 0 saturated carbocycles. The molecule has 2 aromatic carbocycles. The van der Waals surface area contributed by atoms with Crippen molar-refractivity contribution in [3.05, 3.63) is 53.1 Å². The zero-order valence-electron chi connectivity index (χ0n) is 15.9. The second-order valence-electron chi connectivity index (χ2n) is 6.17. The van der Waals surface area contributed by atoms with Gasteiger partial charge in [-0.05, 0) is 36.4 Å². The molecule has 0 radical (unpaired) electrons. The van der Waals surface area contributed by atoms with Gasteiger partial charge in [-0.3, -0.25) is 9.59 Å². The zero-order valence-corrected chi connectivity index (χ0v) is 15.9. The second kappa shape index (κ2) is 8.51.